The van der Waals surface area contributed by atoms with E-state index >= 15 is 0 Å². The highest BCUT2D eigenvalue weighted by Gasteiger charge is 2.29. The molecule has 0 aliphatic carbocycles. The zero-order valence-corrected chi connectivity index (χ0v) is 17.1. The van der Waals surface area contributed by atoms with E-state index < -0.39 is 0 Å². The molecule has 0 bridgehead atoms. The number of hydrogen-bond acceptors (Lipinski definition) is 8. The first kappa shape index (κ1) is 21.2. The van der Waals surface area contributed by atoms with Crippen LogP contribution in [0.1, 0.15) is 56.0 Å². The molecule has 3 N–H and O–H groups in total. The molecule has 4 heterocycles. The highest BCUT2D eigenvalue weighted by atomic mass is 32.1. The smallest absolute Gasteiger partial charge is 0.291 e. The van der Waals surface area contributed by atoms with Gasteiger partial charge in [0.15, 0.2) is 12.1 Å². The van der Waals surface area contributed by atoms with Gasteiger partial charge in [-0.05, 0) is 20.3 Å². The maximum atomic E-state index is 12.6. The van der Waals surface area contributed by atoms with Crippen LogP contribution in [0, 0.1) is 6.92 Å². The van der Waals surface area contributed by atoms with Gasteiger partial charge in [-0.25, -0.2) is 9.97 Å². The van der Waals surface area contributed by atoms with Gasteiger partial charge >= 0.3 is 0 Å². The standard InChI is InChI=1S/C17H18N6O3S.CH2O2/c1-9-7-27-16(19-9)10(2)20-15(24)14-11-3-4-23(6-12(11)21-22-14)17(25)13-5-18-8-26-13;2-1-3/h5,7-8,10H,3-4,6H2,1-2H3,(H,20,24)(H,21,22);1H,(H,2,3). The van der Waals surface area contributed by atoms with Crippen LogP contribution in [0.3, 0.4) is 0 Å². The van der Waals surface area contributed by atoms with Crippen LogP contribution in [0.2, 0.25) is 0 Å². The van der Waals surface area contributed by atoms with Crippen molar-refractivity contribution in [3.05, 3.63) is 51.4 Å². The highest BCUT2D eigenvalue weighted by molar-refractivity contribution is 7.09. The number of aryl methyl sites for hydroxylation is 1. The number of fused-ring (bicyclic) bond motifs is 1. The van der Waals surface area contributed by atoms with Crippen molar-refractivity contribution in [3.63, 3.8) is 0 Å². The van der Waals surface area contributed by atoms with Crippen LogP contribution >= 0.6 is 11.3 Å². The second kappa shape index (κ2) is 9.31. The van der Waals surface area contributed by atoms with Crippen LogP contribution in [-0.2, 0) is 17.8 Å². The summed E-state index contributed by atoms with van der Waals surface area (Å²) < 4.78 is 5.07. The number of carboxylic acid groups (broad SMARTS) is 1. The summed E-state index contributed by atoms with van der Waals surface area (Å²) in [7, 11) is 0. The minimum atomic E-state index is -0.250. The van der Waals surface area contributed by atoms with E-state index in [1.807, 2.05) is 19.2 Å². The van der Waals surface area contributed by atoms with Crippen molar-refractivity contribution < 1.29 is 23.9 Å². The lowest BCUT2D eigenvalue weighted by atomic mass is 10.0. The van der Waals surface area contributed by atoms with Gasteiger partial charge in [-0.15, -0.1) is 11.3 Å². The molecule has 1 aliphatic heterocycles. The zero-order valence-electron chi connectivity index (χ0n) is 16.3. The summed E-state index contributed by atoms with van der Waals surface area (Å²) in [4.78, 5) is 43.2. The molecular weight excluding hydrogens is 412 g/mol. The molecule has 4 rings (SSSR count). The van der Waals surface area contributed by atoms with E-state index in [0.29, 0.717) is 25.2 Å². The van der Waals surface area contributed by atoms with E-state index in [0.717, 1.165) is 22.0 Å². The molecule has 2 amide bonds. The van der Waals surface area contributed by atoms with Crippen molar-refractivity contribution in [2.24, 2.45) is 0 Å². The molecular formula is C18H20N6O5S. The quantitative estimate of drug-likeness (QED) is 0.525. The molecule has 12 heteroatoms. The number of carbonyl (C=O) groups excluding carboxylic acids is 2. The summed E-state index contributed by atoms with van der Waals surface area (Å²) in [5.41, 5.74) is 2.91. The van der Waals surface area contributed by atoms with Crippen LogP contribution in [0.25, 0.3) is 0 Å². The van der Waals surface area contributed by atoms with E-state index in [1.54, 1.807) is 4.90 Å². The van der Waals surface area contributed by atoms with E-state index in [2.05, 4.69) is 25.5 Å². The monoisotopic (exact) mass is 432 g/mol. The van der Waals surface area contributed by atoms with Gasteiger partial charge in [-0.1, -0.05) is 0 Å². The number of thiazole rings is 1. The Morgan fingerprint density at radius 2 is 2.23 bits per heavy atom. The van der Waals surface area contributed by atoms with Crippen molar-refractivity contribution in [3.8, 4) is 0 Å². The van der Waals surface area contributed by atoms with E-state index in [9.17, 15) is 9.59 Å². The van der Waals surface area contributed by atoms with Gasteiger partial charge in [-0.2, -0.15) is 5.10 Å². The highest BCUT2D eigenvalue weighted by Crippen LogP contribution is 2.23. The largest absolute Gasteiger partial charge is 0.483 e. The van der Waals surface area contributed by atoms with Gasteiger partial charge in [0.25, 0.3) is 18.3 Å². The van der Waals surface area contributed by atoms with Crippen molar-refractivity contribution >= 4 is 29.6 Å². The maximum Gasteiger partial charge on any atom is 0.291 e. The van der Waals surface area contributed by atoms with Crippen LogP contribution < -0.4 is 5.32 Å². The lowest BCUT2D eigenvalue weighted by Crippen LogP contribution is -2.36. The third-order valence-electron chi connectivity index (χ3n) is 4.43. The van der Waals surface area contributed by atoms with E-state index in [1.165, 1.54) is 23.9 Å². The van der Waals surface area contributed by atoms with Crippen molar-refractivity contribution in [2.45, 2.75) is 32.9 Å². The minimum Gasteiger partial charge on any atom is -0.483 e. The molecule has 1 unspecified atom stereocenters. The van der Waals surface area contributed by atoms with Gasteiger partial charge in [0.1, 0.15) is 5.01 Å². The number of rotatable bonds is 4. The number of nitrogens with zero attached hydrogens (tertiary/aromatic N) is 4. The second-order valence-corrected chi connectivity index (χ2v) is 7.39. The number of nitrogens with one attached hydrogen (secondary N) is 2. The number of aromatic amines is 1. The minimum absolute atomic E-state index is 0.198. The first-order valence-corrected chi connectivity index (χ1v) is 9.87. The number of carbonyl (C=O) groups is 3. The Morgan fingerprint density at radius 1 is 1.47 bits per heavy atom. The fraction of sp³-hybridized carbons (Fsp3) is 0.333. The lowest BCUT2D eigenvalue weighted by molar-refractivity contribution is -0.122. The van der Waals surface area contributed by atoms with Crippen molar-refractivity contribution in [1.82, 2.24) is 30.4 Å². The number of amides is 2. The Hall–Kier alpha value is -3.54. The Morgan fingerprint density at radius 3 is 2.87 bits per heavy atom. The first-order valence-electron chi connectivity index (χ1n) is 8.99. The molecule has 0 saturated heterocycles. The van der Waals surface area contributed by atoms with E-state index in [4.69, 9.17) is 14.3 Å². The molecule has 158 valence electrons. The van der Waals surface area contributed by atoms with Gasteiger partial charge in [0.05, 0.1) is 24.5 Å². The summed E-state index contributed by atoms with van der Waals surface area (Å²) in [6.07, 6.45) is 3.16. The molecule has 0 saturated carbocycles. The molecule has 11 nitrogen and oxygen atoms in total. The zero-order chi connectivity index (χ0) is 21.7. The predicted molar refractivity (Wildman–Crippen MR) is 105 cm³/mol. The Bertz CT molecular complexity index is 1030. The third kappa shape index (κ3) is 4.54. The Labute approximate surface area is 175 Å². The Balaban J connectivity index is 0.000000806. The van der Waals surface area contributed by atoms with Gasteiger partial charge < -0.3 is 19.7 Å². The van der Waals surface area contributed by atoms with Crippen molar-refractivity contribution in [1.29, 1.82) is 0 Å². The van der Waals surface area contributed by atoms with Gasteiger partial charge in [0.2, 0.25) is 5.76 Å². The van der Waals surface area contributed by atoms with Gasteiger partial charge in [0, 0.05) is 23.2 Å². The van der Waals surface area contributed by atoms with Crippen LogP contribution in [0.5, 0.6) is 0 Å². The molecule has 0 aromatic carbocycles. The van der Waals surface area contributed by atoms with Crippen LogP contribution in [0.4, 0.5) is 0 Å². The van der Waals surface area contributed by atoms with Gasteiger partial charge in [-0.3, -0.25) is 19.5 Å². The summed E-state index contributed by atoms with van der Waals surface area (Å²) in [6.45, 7) is 4.39. The van der Waals surface area contributed by atoms with Crippen LogP contribution in [0.15, 0.2) is 22.4 Å². The molecule has 0 spiro atoms. The van der Waals surface area contributed by atoms with Crippen molar-refractivity contribution in [2.75, 3.05) is 6.54 Å². The topological polar surface area (TPSA) is 154 Å². The molecule has 30 heavy (non-hydrogen) atoms. The van der Waals surface area contributed by atoms with Crippen LogP contribution in [-0.4, -0.2) is 55.0 Å². The summed E-state index contributed by atoms with van der Waals surface area (Å²) in [6, 6.07) is -0.198. The Kier molecular flexibility index (Phi) is 6.57. The molecule has 1 atom stereocenters. The van der Waals surface area contributed by atoms with E-state index in [-0.39, 0.29) is 30.1 Å². The second-order valence-electron chi connectivity index (χ2n) is 6.50. The summed E-state index contributed by atoms with van der Waals surface area (Å²) in [5, 5.41) is 19.7. The average molecular weight is 432 g/mol. The average Bonchev–Trinajstić information content (AvgIpc) is 3.48. The first-order chi connectivity index (χ1) is 14.4. The fourth-order valence-corrected chi connectivity index (χ4v) is 3.86. The molecule has 0 fully saturated rings. The fourth-order valence-electron chi connectivity index (χ4n) is 3.05. The third-order valence-corrected chi connectivity index (χ3v) is 5.58. The number of oxazole rings is 1. The predicted octanol–water partition coefficient (Wildman–Crippen LogP) is 1.55. The lowest BCUT2D eigenvalue weighted by Gasteiger charge is -2.25. The maximum absolute atomic E-state index is 12.6. The SMILES string of the molecule is Cc1csc(C(C)NC(=O)c2n[nH]c3c2CCN(C(=O)c2cnco2)C3)n1.O=CO. The molecule has 3 aromatic rings. The summed E-state index contributed by atoms with van der Waals surface area (Å²) in [5.74, 6) is -0.280. The number of hydrogen-bond donors (Lipinski definition) is 3. The normalized spacial score (nSPS) is 13.6. The molecule has 1 aliphatic rings. The number of aromatic nitrogens is 4. The summed E-state index contributed by atoms with van der Waals surface area (Å²) >= 11 is 1.52. The molecule has 0 radical (unpaired) electrons. The number of H-pyrrole nitrogens is 1. The molecule has 3 aromatic heterocycles.